The van der Waals surface area contributed by atoms with Gasteiger partial charge in [0.05, 0.1) is 12.3 Å². The quantitative estimate of drug-likeness (QED) is 0.787. The van der Waals surface area contributed by atoms with E-state index in [9.17, 15) is 13.2 Å². The van der Waals surface area contributed by atoms with Crippen molar-refractivity contribution in [2.24, 2.45) is 0 Å². The second-order valence-corrected chi connectivity index (χ2v) is 7.42. The first-order valence-corrected chi connectivity index (χ1v) is 9.18. The van der Waals surface area contributed by atoms with Crippen LogP contribution in [0.25, 0.3) is 0 Å². The maximum Gasteiger partial charge on any atom is 0.341 e. The Morgan fingerprint density at radius 2 is 1.92 bits per heavy atom. The molecule has 0 fully saturated rings. The average molecular weight is 371 g/mol. The van der Waals surface area contributed by atoms with Crippen LogP contribution in [0.5, 0.6) is 0 Å². The Hall–Kier alpha value is -1.99. The minimum Gasteiger partial charge on any atom is -0.462 e. The van der Waals surface area contributed by atoms with Gasteiger partial charge in [-0.3, -0.25) is 4.72 Å². The zero-order chi connectivity index (χ0) is 18.1. The van der Waals surface area contributed by atoms with E-state index in [1.54, 1.807) is 39.8 Å². The van der Waals surface area contributed by atoms with Crippen LogP contribution in [-0.4, -0.2) is 26.0 Å². The number of halogens is 1. The number of aromatic amines is 1. The summed E-state index contributed by atoms with van der Waals surface area (Å²) in [4.78, 5) is 14.9. The van der Waals surface area contributed by atoms with Crippen LogP contribution in [0.4, 0.5) is 5.69 Å². The number of carbonyl (C=O) groups is 1. The Balaban J connectivity index is 2.54. The molecular formula is C16H19ClN2O4S. The van der Waals surface area contributed by atoms with E-state index in [0.717, 1.165) is 0 Å². The third-order valence-electron chi connectivity index (χ3n) is 3.51. The van der Waals surface area contributed by atoms with Gasteiger partial charge < -0.3 is 9.72 Å². The molecule has 1 heterocycles. The van der Waals surface area contributed by atoms with Crippen LogP contribution < -0.4 is 4.72 Å². The maximum absolute atomic E-state index is 12.8. The molecule has 0 unspecified atom stereocenters. The van der Waals surface area contributed by atoms with Gasteiger partial charge in [0.25, 0.3) is 10.0 Å². The smallest absolute Gasteiger partial charge is 0.341 e. The number of carbonyl (C=O) groups excluding carboxylic acids is 1. The Labute approximate surface area is 146 Å². The summed E-state index contributed by atoms with van der Waals surface area (Å²) in [5, 5.41) is 0.408. The number of hydrogen-bond acceptors (Lipinski definition) is 4. The second-order valence-electron chi connectivity index (χ2n) is 5.36. The summed E-state index contributed by atoms with van der Waals surface area (Å²) in [6.07, 6.45) is 0. The van der Waals surface area contributed by atoms with Gasteiger partial charge in [-0.2, -0.15) is 0 Å². The van der Waals surface area contributed by atoms with Gasteiger partial charge in [0.2, 0.25) is 0 Å². The highest BCUT2D eigenvalue weighted by atomic mass is 35.5. The van der Waals surface area contributed by atoms with Crippen molar-refractivity contribution in [1.29, 1.82) is 0 Å². The number of esters is 1. The van der Waals surface area contributed by atoms with Crippen LogP contribution in [-0.2, 0) is 14.8 Å². The van der Waals surface area contributed by atoms with Crippen molar-refractivity contribution in [3.05, 3.63) is 45.7 Å². The number of aryl methyl sites for hydroxylation is 3. The van der Waals surface area contributed by atoms with Gasteiger partial charge in [-0.1, -0.05) is 17.7 Å². The lowest BCUT2D eigenvalue weighted by molar-refractivity contribution is 0.0521. The third-order valence-corrected chi connectivity index (χ3v) is 5.28. The van der Waals surface area contributed by atoms with Gasteiger partial charge in [-0.05, 0) is 45.4 Å². The normalized spacial score (nSPS) is 11.4. The van der Waals surface area contributed by atoms with Gasteiger partial charge in [-0.15, -0.1) is 0 Å². The monoisotopic (exact) mass is 370 g/mol. The molecule has 130 valence electrons. The predicted molar refractivity (Wildman–Crippen MR) is 93.2 cm³/mol. The molecule has 1 aromatic carbocycles. The van der Waals surface area contributed by atoms with Crippen molar-refractivity contribution in [2.45, 2.75) is 32.6 Å². The lowest BCUT2D eigenvalue weighted by Gasteiger charge is -2.12. The lowest BCUT2D eigenvalue weighted by atomic mass is 10.2. The molecule has 2 aromatic rings. The van der Waals surface area contributed by atoms with Crippen LogP contribution in [0.1, 0.15) is 34.2 Å². The van der Waals surface area contributed by atoms with Crippen molar-refractivity contribution in [3.8, 4) is 0 Å². The highest BCUT2D eigenvalue weighted by Crippen LogP contribution is 2.28. The molecule has 0 saturated heterocycles. The molecule has 6 nitrogen and oxygen atoms in total. The summed E-state index contributed by atoms with van der Waals surface area (Å²) in [7, 11) is -4.00. The molecule has 0 aliphatic heterocycles. The highest BCUT2D eigenvalue weighted by Gasteiger charge is 2.30. The number of sulfonamides is 1. The molecule has 0 amide bonds. The number of hydrogen-bond donors (Lipinski definition) is 2. The lowest BCUT2D eigenvalue weighted by Crippen LogP contribution is -2.18. The minimum atomic E-state index is -4.00. The zero-order valence-electron chi connectivity index (χ0n) is 13.9. The van der Waals surface area contributed by atoms with E-state index in [0.29, 0.717) is 27.7 Å². The third kappa shape index (κ3) is 3.57. The van der Waals surface area contributed by atoms with Crippen molar-refractivity contribution in [1.82, 2.24) is 4.98 Å². The van der Waals surface area contributed by atoms with E-state index in [4.69, 9.17) is 16.3 Å². The largest absolute Gasteiger partial charge is 0.462 e. The molecular weight excluding hydrogens is 352 g/mol. The number of benzene rings is 1. The fourth-order valence-electron chi connectivity index (χ4n) is 2.44. The first-order chi connectivity index (χ1) is 11.2. The molecule has 0 atom stereocenters. The summed E-state index contributed by atoms with van der Waals surface area (Å²) in [5.74, 6) is -0.678. The van der Waals surface area contributed by atoms with E-state index in [2.05, 4.69) is 9.71 Å². The minimum absolute atomic E-state index is 0.0153. The van der Waals surface area contributed by atoms with Gasteiger partial charge in [0.1, 0.15) is 10.5 Å². The number of ether oxygens (including phenoxy) is 1. The first-order valence-electron chi connectivity index (χ1n) is 7.32. The summed E-state index contributed by atoms with van der Waals surface area (Å²) in [6, 6.07) is 4.90. The van der Waals surface area contributed by atoms with Crippen molar-refractivity contribution >= 4 is 33.3 Å². The predicted octanol–water partition coefficient (Wildman–Crippen LogP) is 3.57. The molecule has 0 saturated carbocycles. The molecule has 0 radical (unpaired) electrons. The van der Waals surface area contributed by atoms with Gasteiger partial charge in [0.15, 0.2) is 0 Å². The molecule has 0 spiro atoms. The highest BCUT2D eigenvalue weighted by molar-refractivity contribution is 7.92. The number of rotatable bonds is 5. The molecule has 0 bridgehead atoms. The molecule has 0 aliphatic rings. The van der Waals surface area contributed by atoms with Crippen LogP contribution >= 0.6 is 11.6 Å². The Morgan fingerprint density at radius 3 is 2.54 bits per heavy atom. The number of H-pyrrole nitrogens is 1. The number of nitrogens with one attached hydrogen (secondary N) is 2. The Morgan fingerprint density at radius 1 is 1.25 bits per heavy atom. The molecule has 0 aliphatic carbocycles. The molecule has 2 rings (SSSR count). The summed E-state index contributed by atoms with van der Waals surface area (Å²) >= 11 is 5.93. The molecule has 2 N–H and O–H groups in total. The van der Waals surface area contributed by atoms with E-state index >= 15 is 0 Å². The molecule has 24 heavy (non-hydrogen) atoms. The summed E-state index contributed by atoms with van der Waals surface area (Å²) < 4.78 is 33.2. The Kier molecular flexibility index (Phi) is 5.25. The second kappa shape index (κ2) is 6.86. The van der Waals surface area contributed by atoms with Gasteiger partial charge in [0, 0.05) is 16.4 Å². The van der Waals surface area contributed by atoms with Crippen LogP contribution in [0, 0.1) is 20.8 Å². The SMILES string of the molecule is CCOC(=O)c1c(C)[nH]c(C)c1S(=O)(=O)Nc1cc(Cl)ccc1C. The number of aromatic nitrogens is 1. The summed E-state index contributed by atoms with van der Waals surface area (Å²) in [5.41, 5.74) is 1.89. The van der Waals surface area contributed by atoms with E-state index in [1.165, 1.54) is 6.07 Å². The fraction of sp³-hybridized carbons (Fsp3) is 0.312. The van der Waals surface area contributed by atoms with Crippen LogP contribution in [0.15, 0.2) is 23.1 Å². The average Bonchev–Trinajstić information content (AvgIpc) is 2.78. The molecule has 1 aromatic heterocycles. The van der Waals surface area contributed by atoms with Crippen LogP contribution in [0.2, 0.25) is 5.02 Å². The standard InChI is InChI=1S/C16H19ClN2O4S/c1-5-23-16(20)14-10(3)18-11(4)15(14)24(21,22)19-13-8-12(17)7-6-9(13)2/h6-8,18-19H,5H2,1-4H3. The molecule has 8 heteroatoms. The van der Waals surface area contributed by atoms with Crippen molar-refractivity contribution < 1.29 is 17.9 Å². The summed E-state index contributed by atoms with van der Waals surface area (Å²) in [6.45, 7) is 6.80. The first kappa shape index (κ1) is 18.4. The fourth-order valence-corrected chi connectivity index (χ4v) is 4.19. The maximum atomic E-state index is 12.8. The van der Waals surface area contributed by atoms with Crippen LogP contribution in [0.3, 0.4) is 0 Å². The van der Waals surface area contributed by atoms with Gasteiger partial charge in [-0.25, -0.2) is 13.2 Å². The van der Waals surface area contributed by atoms with Gasteiger partial charge >= 0.3 is 5.97 Å². The van der Waals surface area contributed by atoms with E-state index in [-0.39, 0.29) is 17.1 Å². The number of anilines is 1. The van der Waals surface area contributed by atoms with E-state index < -0.39 is 16.0 Å². The zero-order valence-corrected chi connectivity index (χ0v) is 15.4. The van der Waals surface area contributed by atoms with Crippen molar-refractivity contribution in [2.75, 3.05) is 11.3 Å². The van der Waals surface area contributed by atoms with E-state index in [1.807, 2.05) is 0 Å². The van der Waals surface area contributed by atoms with Crippen molar-refractivity contribution in [3.63, 3.8) is 0 Å². The topological polar surface area (TPSA) is 88.3 Å². The Bertz CT molecular complexity index is 888.